The molecule has 0 unspecified atom stereocenters. The molecule has 0 N–H and O–H groups in total. The van der Waals surface area contributed by atoms with Gasteiger partial charge in [0.15, 0.2) is 0 Å². The number of hydrogen-bond acceptors (Lipinski definition) is 4. The van der Waals surface area contributed by atoms with Gasteiger partial charge in [0.1, 0.15) is 11.6 Å². The lowest BCUT2D eigenvalue weighted by Crippen LogP contribution is -2.33. The van der Waals surface area contributed by atoms with Gasteiger partial charge < -0.3 is 0 Å². The molecule has 2 nitrogen and oxygen atoms in total. The SMILES string of the molecule is CCCC(C)(SC(C)(C)CC(C)=O)SC(C)(C)CC(C)=O. The van der Waals surface area contributed by atoms with Crippen molar-refractivity contribution in [1.82, 2.24) is 0 Å². The first-order valence-electron chi connectivity index (χ1n) is 7.70. The lowest BCUT2D eigenvalue weighted by atomic mass is 10.1. The number of Topliss-reactive ketones (excluding diaryl/α,β-unsaturated/α-hetero) is 2. The van der Waals surface area contributed by atoms with Crippen LogP contribution in [-0.2, 0) is 9.59 Å². The van der Waals surface area contributed by atoms with E-state index in [1.54, 1.807) is 13.8 Å². The fourth-order valence-corrected chi connectivity index (χ4v) is 8.04. The van der Waals surface area contributed by atoms with Crippen LogP contribution in [0.3, 0.4) is 0 Å². The van der Waals surface area contributed by atoms with E-state index in [0.717, 1.165) is 12.8 Å². The highest BCUT2D eigenvalue weighted by atomic mass is 32.2. The maximum atomic E-state index is 11.5. The Morgan fingerprint density at radius 2 is 1.14 bits per heavy atom. The molecular weight excluding hydrogens is 300 g/mol. The van der Waals surface area contributed by atoms with Gasteiger partial charge in [-0.25, -0.2) is 0 Å². The standard InChI is InChI=1S/C17H32O2S2/c1-9-10-17(8,20-15(4,5)11-13(2)18)21-16(6,7)12-14(3)19/h9-12H2,1-8H3. The summed E-state index contributed by atoms with van der Waals surface area (Å²) in [5.74, 6) is 0.471. The Bertz CT molecular complexity index is 343. The quantitative estimate of drug-likeness (QED) is 0.496. The van der Waals surface area contributed by atoms with Gasteiger partial charge in [0.2, 0.25) is 0 Å². The predicted octanol–water partition coefficient (Wildman–Crippen LogP) is 5.48. The smallest absolute Gasteiger partial charge is 0.131 e. The Balaban J connectivity index is 5.06. The van der Waals surface area contributed by atoms with Crippen molar-refractivity contribution in [3.8, 4) is 0 Å². The highest BCUT2D eigenvalue weighted by molar-refractivity contribution is 8.19. The molecule has 0 heterocycles. The molecule has 0 saturated heterocycles. The van der Waals surface area contributed by atoms with E-state index in [4.69, 9.17) is 0 Å². The normalized spacial score (nSPS) is 13.3. The maximum Gasteiger partial charge on any atom is 0.131 e. The summed E-state index contributed by atoms with van der Waals surface area (Å²) in [6.07, 6.45) is 3.35. The molecule has 0 bridgehead atoms. The zero-order chi connectivity index (χ0) is 16.9. The third kappa shape index (κ3) is 9.62. The number of carbonyl (C=O) groups excluding carboxylic acids is 2. The van der Waals surface area contributed by atoms with Crippen LogP contribution in [-0.4, -0.2) is 25.1 Å². The van der Waals surface area contributed by atoms with Gasteiger partial charge in [-0.3, -0.25) is 9.59 Å². The molecule has 0 aliphatic carbocycles. The largest absolute Gasteiger partial charge is 0.300 e. The maximum absolute atomic E-state index is 11.5. The van der Waals surface area contributed by atoms with Gasteiger partial charge in [-0.05, 0) is 27.2 Å². The molecule has 0 rings (SSSR count). The van der Waals surface area contributed by atoms with Crippen molar-refractivity contribution >= 4 is 35.1 Å². The minimum atomic E-state index is -0.0743. The van der Waals surface area contributed by atoms with E-state index in [9.17, 15) is 9.59 Å². The first-order valence-corrected chi connectivity index (χ1v) is 9.33. The summed E-state index contributed by atoms with van der Waals surface area (Å²) in [7, 11) is 0. The molecule has 0 atom stereocenters. The molecular formula is C17H32O2S2. The predicted molar refractivity (Wildman–Crippen MR) is 97.2 cm³/mol. The molecule has 21 heavy (non-hydrogen) atoms. The first-order chi connectivity index (χ1) is 9.31. The zero-order valence-electron chi connectivity index (χ0n) is 15.0. The van der Waals surface area contributed by atoms with Gasteiger partial charge in [-0.15, -0.1) is 23.5 Å². The van der Waals surface area contributed by atoms with Gasteiger partial charge in [0.25, 0.3) is 0 Å². The molecule has 0 fully saturated rings. The Morgan fingerprint density at radius 1 is 0.810 bits per heavy atom. The van der Waals surface area contributed by atoms with Crippen molar-refractivity contribution in [1.29, 1.82) is 0 Å². The summed E-state index contributed by atoms with van der Waals surface area (Å²) >= 11 is 3.77. The van der Waals surface area contributed by atoms with E-state index in [1.165, 1.54) is 0 Å². The highest BCUT2D eigenvalue weighted by Gasteiger charge is 2.38. The molecule has 0 aromatic carbocycles. The lowest BCUT2D eigenvalue weighted by molar-refractivity contribution is -0.118. The van der Waals surface area contributed by atoms with E-state index in [2.05, 4.69) is 41.5 Å². The zero-order valence-corrected chi connectivity index (χ0v) is 16.6. The highest BCUT2D eigenvalue weighted by Crippen LogP contribution is 2.53. The summed E-state index contributed by atoms with van der Waals surface area (Å²) in [4.78, 5) is 22.9. The lowest BCUT2D eigenvalue weighted by Gasteiger charge is -2.41. The number of carbonyl (C=O) groups is 2. The number of hydrogen-bond donors (Lipinski definition) is 0. The molecule has 0 spiro atoms. The second-order valence-corrected chi connectivity index (χ2v) is 12.0. The fraction of sp³-hybridized carbons (Fsp3) is 0.882. The Morgan fingerprint density at radius 3 is 1.38 bits per heavy atom. The van der Waals surface area contributed by atoms with E-state index >= 15 is 0 Å². The van der Waals surface area contributed by atoms with Crippen molar-refractivity contribution in [2.24, 2.45) is 0 Å². The topological polar surface area (TPSA) is 34.1 Å². The Hall–Kier alpha value is 0.0400. The van der Waals surface area contributed by atoms with Crippen molar-refractivity contribution in [2.45, 2.75) is 94.6 Å². The van der Waals surface area contributed by atoms with E-state index < -0.39 is 0 Å². The van der Waals surface area contributed by atoms with Crippen LogP contribution in [0, 0.1) is 0 Å². The third-order valence-corrected chi connectivity index (χ3v) is 6.20. The number of rotatable bonds is 10. The summed E-state index contributed by atoms with van der Waals surface area (Å²) in [5, 5.41) is 0. The third-order valence-electron chi connectivity index (χ3n) is 3.04. The molecule has 0 radical (unpaired) electrons. The van der Waals surface area contributed by atoms with Crippen LogP contribution < -0.4 is 0 Å². The van der Waals surface area contributed by atoms with Crippen LogP contribution in [0.2, 0.25) is 0 Å². The summed E-state index contributed by atoms with van der Waals surface area (Å²) in [6.45, 7) is 16.3. The van der Waals surface area contributed by atoms with Crippen LogP contribution in [0.25, 0.3) is 0 Å². The molecule has 0 aromatic heterocycles. The van der Waals surface area contributed by atoms with Crippen molar-refractivity contribution in [3.05, 3.63) is 0 Å². The second kappa shape index (κ2) is 8.05. The molecule has 4 heteroatoms. The number of ketones is 2. The molecule has 0 amide bonds. The van der Waals surface area contributed by atoms with Crippen LogP contribution >= 0.6 is 23.5 Å². The van der Waals surface area contributed by atoms with E-state index in [0.29, 0.717) is 12.8 Å². The van der Waals surface area contributed by atoms with Gasteiger partial charge in [-0.2, -0.15) is 0 Å². The monoisotopic (exact) mass is 332 g/mol. The Labute approximate surface area is 139 Å². The van der Waals surface area contributed by atoms with Gasteiger partial charge >= 0.3 is 0 Å². The van der Waals surface area contributed by atoms with Gasteiger partial charge in [0, 0.05) is 22.3 Å². The van der Waals surface area contributed by atoms with Crippen molar-refractivity contribution in [2.75, 3.05) is 0 Å². The van der Waals surface area contributed by atoms with E-state index in [-0.39, 0.29) is 25.1 Å². The fourth-order valence-electron chi connectivity index (χ4n) is 3.02. The average Bonchev–Trinajstić information content (AvgIpc) is 2.08. The Kier molecular flexibility index (Phi) is 8.07. The summed E-state index contributed by atoms with van der Waals surface area (Å²) < 4.78 is -0.128. The van der Waals surface area contributed by atoms with Gasteiger partial charge in [-0.1, -0.05) is 41.0 Å². The minimum Gasteiger partial charge on any atom is -0.300 e. The molecule has 0 aliphatic heterocycles. The molecule has 0 aromatic rings. The average molecular weight is 333 g/mol. The second-order valence-electron chi connectivity index (χ2n) is 7.36. The molecule has 124 valence electrons. The van der Waals surface area contributed by atoms with Crippen LogP contribution in [0.5, 0.6) is 0 Å². The van der Waals surface area contributed by atoms with Gasteiger partial charge in [0.05, 0.1) is 4.08 Å². The molecule has 0 aliphatic rings. The summed E-state index contributed by atoms with van der Waals surface area (Å²) in [5.41, 5.74) is 0. The minimum absolute atomic E-state index is 0.0205. The van der Waals surface area contributed by atoms with E-state index in [1.807, 2.05) is 23.5 Å². The molecule has 0 saturated carbocycles. The number of thioether (sulfide) groups is 2. The summed E-state index contributed by atoms with van der Waals surface area (Å²) in [6, 6.07) is 0. The van der Waals surface area contributed by atoms with Crippen molar-refractivity contribution in [3.63, 3.8) is 0 Å². The van der Waals surface area contributed by atoms with Crippen LogP contribution in [0.15, 0.2) is 0 Å². The van der Waals surface area contributed by atoms with Crippen molar-refractivity contribution < 1.29 is 9.59 Å². The first kappa shape index (κ1) is 21.0. The van der Waals surface area contributed by atoms with Crippen LogP contribution in [0.4, 0.5) is 0 Å². The van der Waals surface area contributed by atoms with Crippen LogP contribution in [0.1, 0.15) is 81.1 Å².